The molecule has 1 aromatic heterocycles. The third-order valence-corrected chi connectivity index (χ3v) is 4.55. The standard InChI is InChI=1S/C14H16N2O6/c17-7-8-10-11(22-14(21-10)4-1-2-5-14)12(20-8)16-6-3-9(18)15-13(16)19/h3,6-8,10-12H,1-2,4-5H2,(H,15,18,19)/t8-,10-,11-,12-/m1/s1. The number of aldehydes is 1. The lowest BCUT2D eigenvalue weighted by atomic mass is 10.1. The molecule has 8 nitrogen and oxygen atoms in total. The van der Waals surface area contributed by atoms with Crippen molar-refractivity contribution in [3.63, 3.8) is 0 Å². The van der Waals surface area contributed by atoms with Gasteiger partial charge in [-0.3, -0.25) is 14.3 Å². The van der Waals surface area contributed by atoms with Gasteiger partial charge in [-0.1, -0.05) is 0 Å². The van der Waals surface area contributed by atoms with Gasteiger partial charge in [0.05, 0.1) is 0 Å². The van der Waals surface area contributed by atoms with E-state index in [0.29, 0.717) is 6.29 Å². The lowest BCUT2D eigenvalue weighted by molar-refractivity contribution is -0.211. The minimum atomic E-state index is -0.787. The molecule has 2 aliphatic heterocycles. The molecule has 1 N–H and O–H groups in total. The Labute approximate surface area is 125 Å². The van der Waals surface area contributed by atoms with Crippen molar-refractivity contribution in [2.45, 2.75) is 56.0 Å². The largest absolute Gasteiger partial charge is 0.341 e. The second-order valence-electron chi connectivity index (χ2n) is 5.93. The number of carbonyl (C=O) groups is 1. The van der Waals surface area contributed by atoms with Crippen LogP contribution < -0.4 is 11.2 Å². The SMILES string of the molecule is O=C[C@H]1O[C@@H](n2ccc(=O)[nH]c2=O)[C@@H]2OC3(CCCC3)O[C@@H]21. The Hall–Kier alpha value is -1.77. The number of nitrogens with one attached hydrogen (secondary N) is 1. The lowest BCUT2D eigenvalue weighted by Crippen LogP contribution is -2.37. The second-order valence-corrected chi connectivity index (χ2v) is 5.93. The summed E-state index contributed by atoms with van der Waals surface area (Å²) in [6.45, 7) is 0. The van der Waals surface area contributed by atoms with Gasteiger partial charge >= 0.3 is 5.69 Å². The molecule has 0 unspecified atom stereocenters. The molecule has 1 spiro atoms. The van der Waals surface area contributed by atoms with Crippen LogP contribution in [0.3, 0.4) is 0 Å². The van der Waals surface area contributed by atoms with Crippen LogP contribution in [0.25, 0.3) is 0 Å². The van der Waals surface area contributed by atoms with Crippen LogP contribution >= 0.6 is 0 Å². The molecule has 3 heterocycles. The topological polar surface area (TPSA) is 99.6 Å². The number of hydrogen-bond donors (Lipinski definition) is 1. The van der Waals surface area contributed by atoms with Crippen molar-refractivity contribution >= 4 is 6.29 Å². The summed E-state index contributed by atoms with van der Waals surface area (Å²) in [6.07, 6.45) is 2.95. The van der Waals surface area contributed by atoms with E-state index in [9.17, 15) is 14.4 Å². The molecular weight excluding hydrogens is 292 g/mol. The molecule has 118 valence electrons. The summed E-state index contributed by atoms with van der Waals surface area (Å²) >= 11 is 0. The fourth-order valence-corrected chi connectivity index (χ4v) is 3.56. The van der Waals surface area contributed by atoms with E-state index >= 15 is 0 Å². The Morgan fingerprint density at radius 2 is 1.95 bits per heavy atom. The van der Waals surface area contributed by atoms with Crippen molar-refractivity contribution in [2.75, 3.05) is 0 Å². The molecule has 0 amide bonds. The average molecular weight is 308 g/mol. The van der Waals surface area contributed by atoms with E-state index in [-0.39, 0.29) is 0 Å². The maximum atomic E-state index is 12.0. The summed E-state index contributed by atoms with van der Waals surface area (Å²) in [7, 11) is 0. The first-order chi connectivity index (χ1) is 10.6. The number of nitrogens with zero attached hydrogens (tertiary/aromatic N) is 1. The summed E-state index contributed by atoms with van der Waals surface area (Å²) in [5, 5.41) is 0. The molecule has 2 saturated heterocycles. The predicted octanol–water partition coefficient (Wildman–Crippen LogP) is -0.313. The molecule has 1 saturated carbocycles. The number of H-pyrrole nitrogens is 1. The van der Waals surface area contributed by atoms with E-state index in [2.05, 4.69) is 4.98 Å². The van der Waals surface area contributed by atoms with Crippen LogP contribution in [0, 0.1) is 0 Å². The van der Waals surface area contributed by atoms with Crippen molar-refractivity contribution in [1.82, 2.24) is 9.55 Å². The summed E-state index contributed by atoms with van der Waals surface area (Å²) < 4.78 is 18.9. The minimum absolute atomic E-state index is 0.487. The Morgan fingerprint density at radius 1 is 1.23 bits per heavy atom. The van der Waals surface area contributed by atoms with E-state index in [4.69, 9.17) is 14.2 Å². The van der Waals surface area contributed by atoms with E-state index in [1.165, 1.54) is 16.8 Å². The first kappa shape index (κ1) is 13.9. The lowest BCUT2D eigenvalue weighted by Gasteiger charge is -2.26. The Balaban J connectivity index is 1.70. The van der Waals surface area contributed by atoms with Gasteiger partial charge in [-0.15, -0.1) is 0 Å². The first-order valence-corrected chi connectivity index (χ1v) is 7.40. The molecule has 3 fully saturated rings. The normalized spacial score (nSPS) is 35.8. The quantitative estimate of drug-likeness (QED) is 0.752. The van der Waals surface area contributed by atoms with Crippen molar-refractivity contribution in [1.29, 1.82) is 0 Å². The molecule has 1 aliphatic carbocycles. The molecule has 1 aromatic rings. The van der Waals surface area contributed by atoms with Gasteiger partial charge in [-0.2, -0.15) is 0 Å². The molecule has 4 rings (SSSR count). The highest BCUT2D eigenvalue weighted by molar-refractivity contribution is 5.58. The number of rotatable bonds is 2. The molecule has 0 bridgehead atoms. The van der Waals surface area contributed by atoms with Crippen LogP contribution in [0.15, 0.2) is 21.9 Å². The maximum absolute atomic E-state index is 12.0. The predicted molar refractivity (Wildman–Crippen MR) is 72.2 cm³/mol. The second kappa shape index (κ2) is 4.87. The van der Waals surface area contributed by atoms with Crippen LogP contribution in [0.5, 0.6) is 0 Å². The zero-order chi connectivity index (χ0) is 15.3. The Bertz CT molecular complexity index is 704. The van der Waals surface area contributed by atoms with Crippen LogP contribution in [0.4, 0.5) is 0 Å². The van der Waals surface area contributed by atoms with Gasteiger partial charge in [0.2, 0.25) is 0 Å². The van der Waals surface area contributed by atoms with Crippen molar-refractivity contribution in [3.8, 4) is 0 Å². The van der Waals surface area contributed by atoms with Gasteiger partial charge in [-0.25, -0.2) is 4.79 Å². The maximum Gasteiger partial charge on any atom is 0.330 e. The van der Waals surface area contributed by atoms with Crippen LogP contribution in [0.2, 0.25) is 0 Å². The highest BCUT2D eigenvalue weighted by atomic mass is 16.8. The molecule has 0 aromatic carbocycles. The zero-order valence-electron chi connectivity index (χ0n) is 11.8. The highest BCUT2D eigenvalue weighted by Gasteiger charge is 2.59. The van der Waals surface area contributed by atoms with Crippen molar-refractivity contribution in [2.24, 2.45) is 0 Å². The van der Waals surface area contributed by atoms with Crippen LogP contribution in [0.1, 0.15) is 31.9 Å². The third kappa shape index (κ3) is 1.98. The van der Waals surface area contributed by atoms with Gasteiger partial charge < -0.3 is 19.0 Å². The van der Waals surface area contributed by atoms with Crippen LogP contribution in [-0.2, 0) is 19.0 Å². The third-order valence-electron chi connectivity index (χ3n) is 4.55. The highest BCUT2D eigenvalue weighted by Crippen LogP contribution is 2.48. The zero-order valence-corrected chi connectivity index (χ0v) is 11.8. The van der Waals surface area contributed by atoms with E-state index in [0.717, 1.165) is 25.7 Å². The van der Waals surface area contributed by atoms with Gasteiger partial charge in [0.15, 0.2) is 18.3 Å². The van der Waals surface area contributed by atoms with E-state index in [1.54, 1.807) is 0 Å². The summed E-state index contributed by atoms with van der Waals surface area (Å²) in [5.41, 5.74) is -1.09. The fraction of sp³-hybridized carbons (Fsp3) is 0.643. The van der Waals surface area contributed by atoms with Crippen molar-refractivity contribution < 1.29 is 19.0 Å². The van der Waals surface area contributed by atoms with Crippen molar-refractivity contribution in [3.05, 3.63) is 33.1 Å². The van der Waals surface area contributed by atoms with Gasteiger partial charge in [0.25, 0.3) is 5.56 Å². The summed E-state index contributed by atoms with van der Waals surface area (Å²) in [5.74, 6) is -0.662. The fourth-order valence-electron chi connectivity index (χ4n) is 3.56. The smallest absolute Gasteiger partial charge is 0.330 e. The summed E-state index contributed by atoms with van der Waals surface area (Å²) in [6, 6.07) is 1.23. The molecule has 4 atom stereocenters. The van der Waals surface area contributed by atoms with E-state index < -0.39 is 41.6 Å². The number of ether oxygens (including phenoxy) is 3. The van der Waals surface area contributed by atoms with Gasteiger partial charge in [0.1, 0.15) is 18.3 Å². The van der Waals surface area contributed by atoms with Gasteiger partial charge in [0, 0.05) is 25.1 Å². The Kier molecular flexibility index (Phi) is 3.07. The number of aromatic nitrogens is 2. The number of fused-ring (bicyclic) bond motifs is 1. The van der Waals surface area contributed by atoms with Crippen LogP contribution in [-0.4, -0.2) is 39.9 Å². The molecule has 8 heteroatoms. The Morgan fingerprint density at radius 3 is 2.64 bits per heavy atom. The first-order valence-electron chi connectivity index (χ1n) is 7.40. The minimum Gasteiger partial charge on any atom is -0.341 e. The molecule has 0 radical (unpaired) electrons. The van der Waals surface area contributed by atoms with Gasteiger partial charge in [-0.05, 0) is 12.8 Å². The molecule has 22 heavy (non-hydrogen) atoms. The number of hydrogen-bond acceptors (Lipinski definition) is 6. The van der Waals surface area contributed by atoms with E-state index in [1.807, 2.05) is 0 Å². The summed E-state index contributed by atoms with van der Waals surface area (Å²) in [4.78, 5) is 36.6. The average Bonchev–Trinajstić information content (AvgIpc) is 3.16. The number of aromatic amines is 1. The monoisotopic (exact) mass is 308 g/mol. The molecule has 3 aliphatic rings. The molecular formula is C14H16N2O6. The number of carbonyl (C=O) groups excluding carboxylic acids is 1.